The molecule has 90 valence electrons. The van der Waals surface area contributed by atoms with E-state index in [2.05, 4.69) is 5.10 Å². The predicted molar refractivity (Wildman–Crippen MR) is 68.0 cm³/mol. The van der Waals surface area contributed by atoms with Crippen LogP contribution in [0.3, 0.4) is 0 Å². The fourth-order valence-corrected chi connectivity index (χ4v) is 2.12. The van der Waals surface area contributed by atoms with Gasteiger partial charge in [-0.05, 0) is 19.9 Å². The van der Waals surface area contributed by atoms with Crippen molar-refractivity contribution in [2.75, 3.05) is 0 Å². The van der Waals surface area contributed by atoms with Gasteiger partial charge in [0.05, 0.1) is 6.20 Å². The quantitative estimate of drug-likeness (QED) is 0.910. The van der Waals surface area contributed by atoms with E-state index in [0.29, 0.717) is 10.6 Å². The van der Waals surface area contributed by atoms with Crippen LogP contribution in [0, 0.1) is 0 Å². The Bertz CT molecular complexity index is 520. The third kappa shape index (κ3) is 2.21. The van der Waals surface area contributed by atoms with Gasteiger partial charge >= 0.3 is 0 Å². The van der Waals surface area contributed by atoms with Crippen LogP contribution < -0.4 is 0 Å². The molecular weight excluding hydrogens is 236 g/mol. The van der Waals surface area contributed by atoms with E-state index in [1.165, 1.54) is 0 Å². The first kappa shape index (κ1) is 12.1. The zero-order valence-corrected chi connectivity index (χ0v) is 10.6. The summed E-state index contributed by atoms with van der Waals surface area (Å²) in [6, 6.07) is 7.30. The molecule has 0 bridgehead atoms. The molecule has 3 nitrogen and oxygen atoms in total. The van der Waals surface area contributed by atoms with Crippen LogP contribution in [-0.4, -0.2) is 14.9 Å². The molecule has 1 atom stereocenters. The molecule has 0 aliphatic carbocycles. The van der Waals surface area contributed by atoms with Crippen molar-refractivity contribution in [2.45, 2.75) is 26.0 Å². The van der Waals surface area contributed by atoms with Gasteiger partial charge in [-0.15, -0.1) is 0 Å². The average Bonchev–Trinajstić information content (AvgIpc) is 2.78. The van der Waals surface area contributed by atoms with E-state index in [4.69, 9.17) is 11.6 Å². The molecule has 0 saturated carbocycles. The first-order chi connectivity index (χ1) is 8.05. The van der Waals surface area contributed by atoms with Crippen LogP contribution >= 0.6 is 11.6 Å². The Morgan fingerprint density at radius 2 is 2.12 bits per heavy atom. The summed E-state index contributed by atoms with van der Waals surface area (Å²) in [5.74, 6) is 0. The van der Waals surface area contributed by atoms with Crippen LogP contribution in [0.25, 0.3) is 0 Å². The second-order valence-electron chi connectivity index (χ2n) is 4.14. The number of rotatable bonds is 3. The summed E-state index contributed by atoms with van der Waals surface area (Å²) >= 11 is 6.11. The Labute approximate surface area is 106 Å². The minimum atomic E-state index is -1.12. The lowest BCUT2D eigenvalue weighted by molar-refractivity contribution is 0.102. The number of aliphatic hydroxyl groups is 1. The maximum atomic E-state index is 10.6. The van der Waals surface area contributed by atoms with Crippen molar-refractivity contribution >= 4 is 11.6 Å². The molecule has 0 aliphatic heterocycles. The van der Waals surface area contributed by atoms with Gasteiger partial charge in [-0.2, -0.15) is 5.10 Å². The predicted octanol–water partition coefficient (Wildman–Crippen LogP) is 2.81. The van der Waals surface area contributed by atoms with Gasteiger partial charge in [0.15, 0.2) is 0 Å². The molecule has 0 fully saturated rings. The normalized spacial score (nSPS) is 14.6. The number of aromatic nitrogens is 2. The van der Waals surface area contributed by atoms with Gasteiger partial charge < -0.3 is 5.11 Å². The third-order valence-corrected chi connectivity index (χ3v) is 3.25. The molecule has 0 amide bonds. The van der Waals surface area contributed by atoms with E-state index in [-0.39, 0.29) is 0 Å². The fraction of sp³-hybridized carbons (Fsp3) is 0.308. The van der Waals surface area contributed by atoms with Gasteiger partial charge in [0.1, 0.15) is 5.60 Å². The maximum Gasteiger partial charge on any atom is 0.116 e. The van der Waals surface area contributed by atoms with Gasteiger partial charge in [0.2, 0.25) is 0 Å². The van der Waals surface area contributed by atoms with Crippen molar-refractivity contribution < 1.29 is 5.11 Å². The SMILES string of the molecule is CCn1cc(C(C)(O)c2ccccc2Cl)cn1. The van der Waals surface area contributed by atoms with Crippen LogP contribution in [-0.2, 0) is 12.1 Å². The largest absolute Gasteiger partial charge is 0.381 e. The second kappa shape index (κ2) is 4.51. The molecule has 1 unspecified atom stereocenters. The minimum absolute atomic E-state index is 0.557. The highest BCUT2D eigenvalue weighted by Gasteiger charge is 2.29. The topological polar surface area (TPSA) is 38.0 Å². The molecule has 17 heavy (non-hydrogen) atoms. The molecule has 0 radical (unpaired) electrons. The number of halogens is 1. The van der Waals surface area contributed by atoms with E-state index in [1.807, 2.05) is 31.3 Å². The lowest BCUT2D eigenvalue weighted by Gasteiger charge is -2.23. The van der Waals surface area contributed by atoms with E-state index >= 15 is 0 Å². The molecule has 2 rings (SSSR count). The Kier molecular flexibility index (Phi) is 3.22. The lowest BCUT2D eigenvalue weighted by atomic mass is 9.90. The number of hydrogen-bond acceptors (Lipinski definition) is 2. The number of hydrogen-bond donors (Lipinski definition) is 1. The molecule has 1 heterocycles. The van der Waals surface area contributed by atoms with Crippen LogP contribution in [0.5, 0.6) is 0 Å². The van der Waals surface area contributed by atoms with Gasteiger partial charge in [-0.1, -0.05) is 29.8 Å². The summed E-state index contributed by atoms with van der Waals surface area (Å²) < 4.78 is 1.78. The molecule has 4 heteroatoms. The Morgan fingerprint density at radius 3 is 2.71 bits per heavy atom. The second-order valence-corrected chi connectivity index (χ2v) is 4.54. The monoisotopic (exact) mass is 250 g/mol. The molecule has 0 saturated heterocycles. The zero-order valence-electron chi connectivity index (χ0n) is 9.89. The lowest BCUT2D eigenvalue weighted by Crippen LogP contribution is -2.22. The van der Waals surface area contributed by atoms with Crippen LogP contribution in [0.4, 0.5) is 0 Å². The van der Waals surface area contributed by atoms with E-state index in [1.54, 1.807) is 23.9 Å². The van der Waals surface area contributed by atoms with Gasteiger partial charge in [0, 0.05) is 28.9 Å². The fourth-order valence-electron chi connectivity index (χ4n) is 1.80. The first-order valence-corrected chi connectivity index (χ1v) is 5.93. The number of aryl methyl sites for hydroxylation is 1. The summed E-state index contributed by atoms with van der Waals surface area (Å²) in [6.07, 6.45) is 3.51. The van der Waals surface area contributed by atoms with Gasteiger partial charge in [-0.3, -0.25) is 4.68 Å². The molecule has 1 N–H and O–H groups in total. The van der Waals surface area contributed by atoms with Crippen molar-refractivity contribution in [3.8, 4) is 0 Å². The van der Waals surface area contributed by atoms with Crippen molar-refractivity contribution in [3.63, 3.8) is 0 Å². The third-order valence-electron chi connectivity index (χ3n) is 2.92. The first-order valence-electron chi connectivity index (χ1n) is 5.56. The van der Waals surface area contributed by atoms with Crippen LogP contribution in [0.15, 0.2) is 36.7 Å². The number of benzene rings is 1. The van der Waals surface area contributed by atoms with Crippen molar-refractivity contribution in [1.82, 2.24) is 9.78 Å². The molecule has 0 aliphatic rings. The molecule has 1 aromatic heterocycles. The van der Waals surface area contributed by atoms with Gasteiger partial charge in [0.25, 0.3) is 0 Å². The zero-order chi connectivity index (χ0) is 12.5. The Hall–Kier alpha value is -1.32. The molecule has 0 spiro atoms. The summed E-state index contributed by atoms with van der Waals surface area (Å²) in [5, 5.41) is 15.3. The highest BCUT2D eigenvalue weighted by Crippen LogP contribution is 2.33. The van der Waals surface area contributed by atoms with Crippen LogP contribution in [0.1, 0.15) is 25.0 Å². The summed E-state index contributed by atoms with van der Waals surface area (Å²) in [7, 11) is 0. The molecule has 2 aromatic rings. The summed E-state index contributed by atoms with van der Waals surface area (Å²) in [4.78, 5) is 0. The van der Waals surface area contributed by atoms with E-state index in [9.17, 15) is 5.11 Å². The molecular formula is C13H15ClN2O. The van der Waals surface area contributed by atoms with E-state index < -0.39 is 5.60 Å². The Balaban J connectivity index is 2.45. The van der Waals surface area contributed by atoms with Crippen molar-refractivity contribution in [1.29, 1.82) is 0 Å². The number of nitrogens with zero attached hydrogens (tertiary/aromatic N) is 2. The van der Waals surface area contributed by atoms with Crippen LogP contribution in [0.2, 0.25) is 5.02 Å². The molecule has 1 aromatic carbocycles. The summed E-state index contributed by atoms with van der Waals surface area (Å²) in [5.41, 5.74) is 0.316. The summed E-state index contributed by atoms with van der Waals surface area (Å²) in [6.45, 7) is 4.50. The minimum Gasteiger partial charge on any atom is -0.381 e. The van der Waals surface area contributed by atoms with Gasteiger partial charge in [-0.25, -0.2) is 0 Å². The van der Waals surface area contributed by atoms with Crippen molar-refractivity contribution in [3.05, 3.63) is 52.8 Å². The van der Waals surface area contributed by atoms with E-state index in [0.717, 1.165) is 12.1 Å². The highest BCUT2D eigenvalue weighted by molar-refractivity contribution is 6.31. The average molecular weight is 251 g/mol. The highest BCUT2D eigenvalue weighted by atomic mass is 35.5. The Morgan fingerprint density at radius 1 is 1.41 bits per heavy atom. The smallest absolute Gasteiger partial charge is 0.116 e. The maximum absolute atomic E-state index is 10.6. The van der Waals surface area contributed by atoms with Crippen molar-refractivity contribution in [2.24, 2.45) is 0 Å². The standard InChI is InChI=1S/C13H15ClN2O/c1-3-16-9-10(8-15-16)13(2,17)11-6-4-5-7-12(11)14/h4-9,17H,3H2,1-2H3.